The Labute approximate surface area is 145 Å². The highest BCUT2D eigenvalue weighted by atomic mass is 79.9. The van der Waals surface area contributed by atoms with Crippen LogP contribution in [0.4, 0.5) is 0 Å². The van der Waals surface area contributed by atoms with Gasteiger partial charge in [0.25, 0.3) is 0 Å². The van der Waals surface area contributed by atoms with Gasteiger partial charge in [0.2, 0.25) is 0 Å². The zero-order valence-corrected chi connectivity index (χ0v) is 14.8. The molecule has 1 heterocycles. The first-order chi connectivity index (χ1) is 11.0. The lowest BCUT2D eigenvalue weighted by Gasteiger charge is -2.18. The Morgan fingerprint density at radius 3 is 2.91 bits per heavy atom. The summed E-state index contributed by atoms with van der Waals surface area (Å²) in [5.41, 5.74) is 1.07. The van der Waals surface area contributed by atoms with Crippen molar-refractivity contribution in [1.29, 1.82) is 0 Å². The molecule has 126 valence electrons. The zero-order valence-electron chi connectivity index (χ0n) is 13.3. The molecular formula is C17H22BrNO4. The normalized spacial score (nSPS) is 17.9. The fourth-order valence-electron chi connectivity index (χ4n) is 2.69. The van der Waals surface area contributed by atoms with Crippen LogP contribution < -0.4 is 9.47 Å². The van der Waals surface area contributed by atoms with Gasteiger partial charge in [0.15, 0.2) is 11.5 Å². The smallest absolute Gasteiger partial charge is 0.307 e. The summed E-state index contributed by atoms with van der Waals surface area (Å²) in [7, 11) is 0. The number of rotatable bonds is 8. The van der Waals surface area contributed by atoms with Crippen LogP contribution in [0.5, 0.6) is 11.5 Å². The van der Waals surface area contributed by atoms with Gasteiger partial charge in [0, 0.05) is 13.1 Å². The number of carbonyl (C=O) groups is 1. The number of hydrogen-bond donors (Lipinski definition) is 1. The van der Waals surface area contributed by atoms with Crippen molar-refractivity contribution >= 4 is 21.9 Å². The van der Waals surface area contributed by atoms with Gasteiger partial charge in [0.1, 0.15) is 6.61 Å². The minimum Gasteiger partial charge on any atom is -0.490 e. The van der Waals surface area contributed by atoms with Crippen LogP contribution in [-0.2, 0) is 11.3 Å². The maximum absolute atomic E-state index is 11.1. The third-order valence-corrected chi connectivity index (χ3v) is 4.33. The molecule has 23 heavy (non-hydrogen) atoms. The van der Waals surface area contributed by atoms with E-state index in [9.17, 15) is 4.79 Å². The molecule has 0 radical (unpaired) electrons. The van der Waals surface area contributed by atoms with Gasteiger partial charge in [0.05, 0.1) is 17.0 Å². The largest absolute Gasteiger partial charge is 0.490 e. The van der Waals surface area contributed by atoms with Crippen molar-refractivity contribution < 1.29 is 19.4 Å². The molecule has 0 amide bonds. The number of nitrogens with zero attached hydrogens (tertiary/aromatic N) is 1. The summed E-state index contributed by atoms with van der Waals surface area (Å²) in [6, 6.07) is 3.95. The molecule has 1 aliphatic rings. The highest BCUT2D eigenvalue weighted by Gasteiger charge is 2.28. The van der Waals surface area contributed by atoms with Gasteiger partial charge in [-0.2, -0.15) is 0 Å². The molecule has 2 rings (SSSR count). The Morgan fingerprint density at radius 2 is 2.30 bits per heavy atom. The number of hydrogen-bond acceptors (Lipinski definition) is 4. The van der Waals surface area contributed by atoms with Crippen LogP contribution in [-0.4, -0.2) is 42.3 Å². The van der Waals surface area contributed by atoms with E-state index in [4.69, 9.17) is 14.6 Å². The first kappa shape index (κ1) is 17.8. The van der Waals surface area contributed by atoms with E-state index in [-0.39, 0.29) is 5.92 Å². The number of carboxylic acid groups (broad SMARTS) is 1. The molecule has 5 nitrogen and oxygen atoms in total. The Hall–Kier alpha value is -1.53. The SMILES string of the molecule is C=CCOc1c(Br)cc(CN2CCC(C(=O)O)C2)cc1OCC. The summed E-state index contributed by atoms with van der Waals surface area (Å²) in [5, 5.41) is 9.10. The Morgan fingerprint density at radius 1 is 1.52 bits per heavy atom. The quantitative estimate of drug-likeness (QED) is 0.697. The second-order valence-electron chi connectivity index (χ2n) is 5.50. The third kappa shape index (κ3) is 4.72. The van der Waals surface area contributed by atoms with Crippen molar-refractivity contribution in [2.75, 3.05) is 26.3 Å². The Balaban J connectivity index is 2.13. The molecule has 1 aliphatic heterocycles. The van der Waals surface area contributed by atoms with Crippen molar-refractivity contribution in [3.63, 3.8) is 0 Å². The lowest BCUT2D eigenvalue weighted by Crippen LogP contribution is -2.22. The molecule has 0 aliphatic carbocycles. The number of halogens is 1. The molecule has 0 saturated carbocycles. The minimum absolute atomic E-state index is 0.264. The van der Waals surface area contributed by atoms with E-state index in [0.717, 1.165) is 16.6 Å². The second kappa shape index (κ2) is 8.36. The average Bonchev–Trinajstić information content (AvgIpc) is 2.95. The maximum atomic E-state index is 11.1. The number of carboxylic acids is 1. The number of aliphatic carboxylic acids is 1. The summed E-state index contributed by atoms with van der Waals surface area (Å²) >= 11 is 3.53. The van der Waals surface area contributed by atoms with Crippen LogP contribution in [0.2, 0.25) is 0 Å². The van der Waals surface area contributed by atoms with Gasteiger partial charge >= 0.3 is 5.97 Å². The molecule has 1 unspecified atom stereocenters. The fourth-order valence-corrected chi connectivity index (χ4v) is 3.30. The van der Waals surface area contributed by atoms with Gasteiger partial charge in [-0.15, -0.1) is 0 Å². The molecule has 0 aromatic heterocycles. The zero-order chi connectivity index (χ0) is 16.8. The van der Waals surface area contributed by atoms with Crippen LogP contribution in [0.1, 0.15) is 18.9 Å². The first-order valence-electron chi connectivity index (χ1n) is 7.69. The summed E-state index contributed by atoms with van der Waals surface area (Å²) in [6.07, 6.45) is 2.39. The molecule has 0 bridgehead atoms. The highest BCUT2D eigenvalue weighted by molar-refractivity contribution is 9.10. The maximum Gasteiger partial charge on any atom is 0.307 e. The molecular weight excluding hydrogens is 362 g/mol. The topological polar surface area (TPSA) is 59.0 Å². The van der Waals surface area contributed by atoms with E-state index >= 15 is 0 Å². The van der Waals surface area contributed by atoms with Gasteiger partial charge in [-0.05, 0) is 53.5 Å². The predicted molar refractivity (Wildman–Crippen MR) is 92.0 cm³/mol. The molecule has 1 aromatic carbocycles. The van der Waals surface area contributed by atoms with Crippen LogP contribution in [0.3, 0.4) is 0 Å². The van der Waals surface area contributed by atoms with E-state index in [1.54, 1.807) is 6.08 Å². The lowest BCUT2D eigenvalue weighted by atomic mass is 10.1. The predicted octanol–water partition coefficient (Wildman–Crippen LogP) is 3.32. The standard InChI is InChI=1S/C17H22BrNO4/c1-3-7-23-16-14(18)8-12(9-15(16)22-4-2)10-19-6-5-13(11-19)17(20)21/h3,8-9,13H,1,4-7,10-11H2,2H3,(H,20,21). The van der Waals surface area contributed by atoms with Crippen LogP contribution in [0.25, 0.3) is 0 Å². The number of benzene rings is 1. The summed E-state index contributed by atoms with van der Waals surface area (Å²) in [4.78, 5) is 13.2. The molecule has 0 spiro atoms. The number of likely N-dealkylation sites (tertiary alicyclic amines) is 1. The van der Waals surface area contributed by atoms with Crippen LogP contribution >= 0.6 is 15.9 Å². The van der Waals surface area contributed by atoms with Gasteiger partial charge in [-0.25, -0.2) is 0 Å². The van der Waals surface area contributed by atoms with Crippen molar-refractivity contribution in [3.05, 3.63) is 34.8 Å². The average molecular weight is 384 g/mol. The van der Waals surface area contributed by atoms with Gasteiger partial charge in [-0.1, -0.05) is 12.7 Å². The monoisotopic (exact) mass is 383 g/mol. The van der Waals surface area contributed by atoms with E-state index in [0.29, 0.717) is 44.2 Å². The van der Waals surface area contributed by atoms with E-state index in [1.807, 2.05) is 19.1 Å². The van der Waals surface area contributed by atoms with E-state index in [2.05, 4.69) is 27.4 Å². The molecule has 6 heteroatoms. The highest BCUT2D eigenvalue weighted by Crippen LogP contribution is 2.37. The summed E-state index contributed by atoms with van der Waals surface area (Å²) < 4.78 is 12.2. The number of ether oxygens (including phenoxy) is 2. The molecule has 1 aromatic rings. The summed E-state index contributed by atoms with van der Waals surface area (Å²) in [5.74, 6) is 0.380. The first-order valence-corrected chi connectivity index (χ1v) is 8.48. The van der Waals surface area contributed by atoms with Crippen LogP contribution in [0.15, 0.2) is 29.3 Å². The van der Waals surface area contributed by atoms with E-state index in [1.165, 1.54) is 0 Å². The molecule has 1 N–H and O–H groups in total. The van der Waals surface area contributed by atoms with Crippen molar-refractivity contribution in [2.45, 2.75) is 19.9 Å². The fraction of sp³-hybridized carbons (Fsp3) is 0.471. The molecule has 1 saturated heterocycles. The van der Waals surface area contributed by atoms with Crippen molar-refractivity contribution in [3.8, 4) is 11.5 Å². The van der Waals surface area contributed by atoms with Crippen LogP contribution in [0, 0.1) is 5.92 Å². The lowest BCUT2D eigenvalue weighted by molar-refractivity contribution is -0.141. The third-order valence-electron chi connectivity index (χ3n) is 3.74. The van der Waals surface area contributed by atoms with Crippen molar-refractivity contribution in [2.24, 2.45) is 5.92 Å². The van der Waals surface area contributed by atoms with Gasteiger partial charge in [-0.3, -0.25) is 9.69 Å². The van der Waals surface area contributed by atoms with Crippen molar-refractivity contribution in [1.82, 2.24) is 4.90 Å². The van der Waals surface area contributed by atoms with E-state index < -0.39 is 5.97 Å². The Bertz CT molecular complexity index is 576. The second-order valence-corrected chi connectivity index (χ2v) is 6.35. The minimum atomic E-state index is -0.711. The molecule has 1 atom stereocenters. The summed E-state index contributed by atoms with van der Waals surface area (Å²) in [6.45, 7) is 8.62. The molecule has 1 fully saturated rings. The van der Waals surface area contributed by atoms with Gasteiger partial charge < -0.3 is 14.6 Å². The Kier molecular flexibility index (Phi) is 6.47.